The van der Waals surface area contributed by atoms with E-state index >= 15 is 0 Å². The number of nitrogens with zero attached hydrogens (tertiary/aromatic N) is 3. The van der Waals surface area contributed by atoms with Gasteiger partial charge in [0.05, 0.1) is 6.54 Å². The second kappa shape index (κ2) is 4.16. The van der Waals surface area contributed by atoms with E-state index in [2.05, 4.69) is 15.5 Å². The Hall–Kier alpha value is -1.91. The summed E-state index contributed by atoms with van der Waals surface area (Å²) in [6.07, 6.45) is 5.12. The van der Waals surface area contributed by atoms with Crippen molar-refractivity contribution in [2.75, 3.05) is 0 Å². The molecule has 1 N–H and O–H groups in total. The number of aromatic nitrogens is 3. The van der Waals surface area contributed by atoms with Crippen molar-refractivity contribution in [1.29, 1.82) is 0 Å². The molecule has 3 rings (SSSR count). The first-order valence-electron chi connectivity index (χ1n) is 5.91. The van der Waals surface area contributed by atoms with Gasteiger partial charge in [0, 0.05) is 12.1 Å². The van der Waals surface area contributed by atoms with E-state index in [1.807, 2.05) is 28.8 Å². The second-order valence-corrected chi connectivity index (χ2v) is 4.39. The van der Waals surface area contributed by atoms with Gasteiger partial charge in [-0.3, -0.25) is 9.20 Å². The lowest BCUT2D eigenvalue weighted by Gasteiger charge is -2.23. The van der Waals surface area contributed by atoms with E-state index < -0.39 is 0 Å². The predicted molar refractivity (Wildman–Crippen MR) is 62.2 cm³/mol. The Balaban J connectivity index is 1.70. The van der Waals surface area contributed by atoms with Crippen molar-refractivity contribution < 1.29 is 4.79 Å². The maximum atomic E-state index is 11.7. The van der Waals surface area contributed by atoms with Crippen LogP contribution in [0.2, 0.25) is 0 Å². The molecule has 1 fully saturated rings. The summed E-state index contributed by atoms with van der Waals surface area (Å²) in [6.45, 7) is 0.445. The summed E-state index contributed by atoms with van der Waals surface area (Å²) >= 11 is 0. The van der Waals surface area contributed by atoms with E-state index in [0.29, 0.717) is 6.54 Å². The molecule has 0 radical (unpaired) electrons. The fourth-order valence-electron chi connectivity index (χ4n) is 1.99. The fraction of sp³-hybridized carbons (Fsp3) is 0.417. The number of pyridine rings is 1. The molecule has 88 valence electrons. The first-order chi connectivity index (χ1) is 8.34. The van der Waals surface area contributed by atoms with Crippen molar-refractivity contribution in [2.24, 2.45) is 5.92 Å². The van der Waals surface area contributed by atoms with Crippen LogP contribution in [-0.4, -0.2) is 20.5 Å². The molecule has 0 saturated heterocycles. The third-order valence-corrected chi connectivity index (χ3v) is 3.28. The highest BCUT2D eigenvalue weighted by Crippen LogP contribution is 2.26. The minimum absolute atomic E-state index is 0.143. The minimum Gasteiger partial charge on any atom is -0.349 e. The molecule has 1 amide bonds. The van der Waals surface area contributed by atoms with Crippen molar-refractivity contribution in [3.8, 4) is 0 Å². The highest BCUT2D eigenvalue weighted by Gasteiger charge is 2.25. The number of carbonyl (C=O) groups excluding carboxylic acids is 1. The van der Waals surface area contributed by atoms with Crippen LogP contribution in [-0.2, 0) is 11.3 Å². The van der Waals surface area contributed by atoms with Crippen LogP contribution in [0, 0.1) is 5.92 Å². The van der Waals surface area contributed by atoms with Gasteiger partial charge in [0.25, 0.3) is 0 Å². The van der Waals surface area contributed by atoms with Gasteiger partial charge in [-0.2, -0.15) is 0 Å². The molecule has 0 aliphatic heterocycles. The molecule has 2 heterocycles. The monoisotopic (exact) mass is 230 g/mol. The zero-order valence-electron chi connectivity index (χ0n) is 9.47. The summed E-state index contributed by atoms with van der Waals surface area (Å²) in [4.78, 5) is 11.7. The van der Waals surface area contributed by atoms with E-state index in [-0.39, 0.29) is 11.8 Å². The Labute approximate surface area is 98.9 Å². The zero-order valence-corrected chi connectivity index (χ0v) is 9.47. The average molecular weight is 230 g/mol. The molecule has 1 aliphatic carbocycles. The molecule has 1 saturated carbocycles. The lowest BCUT2D eigenvalue weighted by Crippen LogP contribution is -2.34. The fourth-order valence-corrected chi connectivity index (χ4v) is 1.99. The topological polar surface area (TPSA) is 59.3 Å². The average Bonchev–Trinajstić information content (AvgIpc) is 2.67. The van der Waals surface area contributed by atoms with Crippen LogP contribution in [0.3, 0.4) is 0 Å². The van der Waals surface area contributed by atoms with Crippen molar-refractivity contribution in [3.05, 3.63) is 30.2 Å². The normalized spacial score (nSPS) is 15.8. The highest BCUT2D eigenvalue weighted by atomic mass is 16.1. The summed E-state index contributed by atoms with van der Waals surface area (Å²) < 4.78 is 1.89. The number of rotatable bonds is 3. The lowest BCUT2D eigenvalue weighted by molar-refractivity contribution is -0.127. The molecule has 0 spiro atoms. The van der Waals surface area contributed by atoms with Gasteiger partial charge in [-0.1, -0.05) is 12.5 Å². The summed E-state index contributed by atoms with van der Waals surface area (Å²) in [7, 11) is 0. The van der Waals surface area contributed by atoms with Crippen LogP contribution in [0.15, 0.2) is 24.4 Å². The number of fused-ring (bicyclic) bond motifs is 1. The predicted octanol–water partition coefficient (Wildman–Crippen LogP) is 1.15. The Kier molecular flexibility index (Phi) is 2.51. The number of hydrogen-bond donors (Lipinski definition) is 1. The molecule has 5 heteroatoms. The van der Waals surface area contributed by atoms with Gasteiger partial charge in [0.2, 0.25) is 5.91 Å². The molecule has 2 aromatic heterocycles. The Morgan fingerprint density at radius 3 is 3.06 bits per heavy atom. The van der Waals surface area contributed by atoms with Gasteiger partial charge >= 0.3 is 0 Å². The van der Waals surface area contributed by atoms with Gasteiger partial charge in [0.1, 0.15) is 0 Å². The van der Waals surface area contributed by atoms with Crippen molar-refractivity contribution in [1.82, 2.24) is 19.9 Å². The highest BCUT2D eigenvalue weighted by molar-refractivity contribution is 5.79. The lowest BCUT2D eigenvalue weighted by atomic mass is 9.85. The van der Waals surface area contributed by atoms with E-state index in [0.717, 1.165) is 24.3 Å². The standard InChI is InChI=1S/C12H14N4O/c17-12(9-4-3-5-9)13-8-11-15-14-10-6-1-2-7-16(10)11/h1-2,6-7,9H,3-5,8H2,(H,13,17). The first kappa shape index (κ1) is 10.3. The van der Waals surface area contributed by atoms with E-state index in [1.165, 1.54) is 6.42 Å². The molecule has 1 aliphatic rings. The van der Waals surface area contributed by atoms with Gasteiger partial charge < -0.3 is 5.32 Å². The van der Waals surface area contributed by atoms with Crippen molar-refractivity contribution in [3.63, 3.8) is 0 Å². The van der Waals surface area contributed by atoms with Crippen LogP contribution in [0.1, 0.15) is 25.1 Å². The van der Waals surface area contributed by atoms with Crippen LogP contribution in [0.25, 0.3) is 5.65 Å². The third kappa shape index (κ3) is 1.88. The maximum absolute atomic E-state index is 11.7. The summed E-state index contributed by atoms with van der Waals surface area (Å²) in [5.74, 6) is 1.13. The van der Waals surface area contributed by atoms with Gasteiger partial charge in [-0.05, 0) is 25.0 Å². The smallest absolute Gasteiger partial charge is 0.223 e. The molecular formula is C12H14N4O. The number of amides is 1. The Morgan fingerprint density at radius 2 is 2.29 bits per heavy atom. The van der Waals surface area contributed by atoms with Crippen molar-refractivity contribution in [2.45, 2.75) is 25.8 Å². The number of hydrogen-bond acceptors (Lipinski definition) is 3. The SMILES string of the molecule is O=C(NCc1nnc2ccccn12)C1CCC1. The first-order valence-corrected chi connectivity index (χ1v) is 5.91. The zero-order chi connectivity index (χ0) is 11.7. The molecular weight excluding hydrogens is 216 g/mol. The van der Waals surface area contributed by atoms with Crippen molar-refractivity contribution >= 4 is 11.6 Å². The Morgan fingerprint density at radius 1 is 1.41 bits per heavy atom. The quantitative estimate of drug-likeness (QED) is 0.860. The molecule has 0 atom stereocenters. The third-order valence-electron chi connectivity index (χ3n) is 3.28. The van der Waals surface area contributed by atoms with Crippen LogP contribution < -0.4 is 5.32 Å². The summed E-state index contributed by atoms with van der Waals surface area (Å²) in [5.41, 5.74) is 0.806. The van der Waals surface area contributed by atoms with E-state index in [4.69, 9.17) is 0 Å². The Bertz CT molecular complexity index is 544. The van der Waals surface area contributed by atoms with Crippen LogP contribution >= 0.6 is 0 Å². The maximum Gasteiger partial charge on any atom is 0.223 e. The second-order valence-electron chi connectivity index (χ2n) is 4.39. The molecule has 0 bridgehead atoms. The molecule has 0 aromatic carbocycles. The van der Waals surface area contributed by atoms with Gasteiger partial charge in [-0.15, -0.1) is 10.2 Å². The number of carbonyl (C=O) groups is 1. The van der Waals surface area contributed by atoms with Crippen LogP contribution in [0.5, 0.6) is 0 Å². The van der Waals surface area contributed by atoms with E-state index in [1.54, 1.807) is 0 Å². The van der Waals surface area contributed by atoms with Gasteiger partial charge in [-0.25, -0.2) is 0 Å². The molecule has 2 aromatic rings. The van der Waals surface area contributed by atoms with Crippen LogP contribution in [0.4, 0.5) is 0 Å². The molecule has 17 heavy (non-hydrogen) atoms. The summed E-state index contributed by atoms with van der Waals surface area (Å²) in [5, 5.41) is 11.0. The van der Waals surface area contributed by atoms with E-state index in [9.17, 15) is 4.79 Å². The molecule has 0 unspecified atom stereocenters. The van der Waals surface area contributed by atoms with Gasteiger partial charge in [0.15, 0.2) is 11.5 Å². The molecule has 5 nitrogen and oxygen atoms in total. The minimum atomic E-state index is 0.143. The summed E-state index contributed by atoms with van der Waals surface area (Å²) in [6, 6.07) is 5.73. The largest absolute Gasteiger partial charge is 0.349 e. The number of nitrogens with one attached hydrogen (secondary N) is 1.